The van der Waals surface area contributed by atoms with E-state index in [4.69, 9.17) is 0 Å². The highest BCUT2D eigenvalue weighted by Gasteiger charge is 2.16. The molecule has 1 saturated carbocycles. The van der Waals surface area contributed by atoms with Gasteiger partial charge in [-0.2, -0.15) is 0 Å². The zero-order chi connectivity index (χ0) is 9.80. The minimum Gasteiger partial charge on any atom is -0.362 e. The number of hydrogen-bond acceptors (Lipinski definition) is 3. The van der Waals surface area contributed by atoms with Crippen LogP contribution in [0.2, 0.25) is 0 Å². The van der Waals surface area contributed by atoms with Crippen LogP contribution in [0.5, 0.6) is 0 Å². The van der Waals surface area contributed by atoms with Crippen molar-refractivity contribution in [2.45, 2.75) is 44.6 Å². The molecular weight excluding hydrogens is 192 g/mol. The quantitative estimate of drug-likeness (QED) is 0.719. The molecule has 0 spiro atoms. The smallest absolute Gasteiger partial charge is 0.161 e. The zero-order valence-corrected chi connectivity index (χ0v) is 9.41. The number of nitrogens with zero attached hydrogens (tertiary/aromatic N) is 1. The van der Waals surface area contributed by atoms with E-state index < -0.39 is 0 Å². The fraction of sp³-hybridized carbons (Fsp3) is 0.727. The van der Waals surface area contributed by atoms with Crippen LogP contribution >= 0.6 is 11.8 Å². The van der Waals surface area contributed by atoms with E-state index in [0.29, 0.717) is 6.04 Å². The van der Waals surface area contributed by atoms with Crippen LogP contribution < -0.4 is 5.32 Å². The van der Waals surface area contributed by atoms with Crippen LogP contribution in [0, 0.1) is 0 Å². The van der Waals surface area contributed by atoms with Crippen molar-refractivity contribution in [1.29, 1.82) is 0 Å². The Balaban J connectivity index is 1.83. The molecule has 0 unspecified atom stereocenters. The first kappa shape index (κ1) is 10.1. The second kappa shape index (κ2) is 4.87. The Bertz CT molecular complexity index is 242. The molecule has 0 saturated heterocycles. The Kier molecular flexibility index (Phi) is 3.51. The standard InChI is InChI=1S/C11H18N2S/c1-9-7-8-12-11(14-9)13-10-5-3-2-4-6-10/h10H,1-8H2,(H,12,13). The lowest BCUT2D eigenvalue weighted by molar-refractivity contribution is 0.415. The zero-order valence-electron chi connectivity index (χ0n) is 8.59. The third-order valence-electron chi connectivity index (χ3n) is 2.82. The summed E-state index contributed by atoms with van der Waals surface area (Å²) in [5.41, 5.74) is 0. The summed E-state index contributed by atoms with van der Waals surface area (Å²) in [7, 11) is 0. The topological polar surface area (TPSA) is 24.4 Å². The summed E-state index contributed by atoms with van der Waals surface area (Å²) in [4.78, 5) is 5.73. The molecule has 0 radical (unpaired) electrons. The van der Waals surface area contributed by atoms with Crippen molar-refractivity contribution in [1.82, 2.24) is 5.32 Å². The van der Waals surface area contributed by atoms with Gasteiger partial charge in [0, 0.05) is 12.6 Å². The van der Waals surface area contributed by atoms with Crippen molar-refractivity contribution in [2.75, 3.05) is 6.54 Å². The Morgan fingerprint density at radius 1 is 1.29 bits per heavy atom. The van der Waals surface area contributed by atoms with Crippen molar-refractivity contribution < 1.29 is 0 Å². The van der Waals surface area contributed by atoms with Crippen LogP contribution in [0.4, 0.5) is 0 Å². The Morgan fingerprint density at radius 2 is 2.07 bits per heavy atom. The maximum atomic E-state index is 4.48. The number of nitrogens with one attached hydrogen (secondary N) is 1. The highest BCUT2D eigenvalue weighted by molar-refractivity contribution is 8.17. The molecule has 1 aliphatic carbocycles. The first-order chi connectivity index (χ1) is 6.84. The Labute approximate surface area is 90.3 Å². The maximum Gasteiger partial charge on any atom is 0.161 e. The van der Waals surface area contributed by atoms with E-state index in [2.05, 4.69) is 16.9 Å². The van der Waals surface area contributed by atoms with Gasteiger partial charge in [0.2, 0.25) is 0 Å². The molecule has 0 aromatic heterocycles. The third kappa shape index (κ3) is 2.77. The van der Waals surface area contributed by atoms with Crippen LogP contribution in [0.3, 0.4) is 0 Å². The van der Waals surface area contributed by atoms with E-state index >= 15 is 0 Å². The number of thioether (sulfide) groups is 1. The van der Waals surface area contributed by atoms with E-state index in [-0.39, 0.29) is 0 Å². The van der Waals surface area contributed by atoms with Crippen LogP contribution in [-0.4, -0.2) is 17.8 Å². The van der Waals surface area contributed by atoms with Gasteiger partial charge in [0.1, 0.15) is 0 Å². The van der Waals surface area contributed by atoms with Crippen molar-refractivity contribution in [3.05, 3.63) is 11.5 Å². The predicted octanol–water partition coefficient (Wildman–Crippen LogP) is 2.92. The van der Waals surface area contributed by atoms with Crippen LogP contribution in [0.1, 0.15) is 38.5 Å². The average Bonchev–Trinajstić information content (AvgIpc) is 2.19. The minimum absolute atomic E-state index is 0.668. The first-order valence-corrected chi connectivity index (χ1v) is 6.33. The highest BCUT2D eigenvalue weighted by atomic mass is 32.2. The molecule has 78 valence electrons. The van der Waals surface area contributed by atoms with Crippen molar-refractivity contribution in [3.63, 3.8) is 0 Å². The summed E-state index contributed by atoms with van der Waals surface area (Å²) in [5, 5.41) is 4.65. The molecule has 0 aromatic rings. The lowest BCUT2D eigenvalue weighted by Crippen LogP contribution is -2.35. The van der Waals surface area contributed by atoms with Gasteiger partial charge in [-0.1, -0.05) is 37.6 Å². The maximum absolute atomic E-state index is 4.48. The number of rotatable bonds is 1. The molecule has 14 heavy (non-hydrogen) atoms. The predicted molar refractivity (Wildman–Crippen MR) is 63.7 cm³/mol. The largest absolute Gasteiger partial charge is 0.362 e. The van der Waals surface area contributed by atoms with Gasteiger partial charge >= 0.3 is 0 Å². The molecule has 0 amide bonds. The van der Waals surface area contributed by atoms with E-state index in [1.54, 1.807) is 11.8 Å². The summed E-state index contributed by atoms with van der Waals surface area (Å²) >= 11 is 1.72. The lowest BCUT2D eigenvalue weighted by atomic mass is 9.96. The van der Waals surface area contributed by atoms with Gasteiger partial charge in [-0.3, -0.25) is 4.99 Å². The summed E-state index contributed by atoms with van der Waals surface area (Å²) in [6.45, 7) is 4.92. The van der Waals surface area contributed by atoms with Gasteiger partial charge in [-0.25, -0.2) is 0 Å². The molecular formula is C11H18N2S. The van der Waals surface area contributed by atoms with Crippen molar-refractivity contribution >= 4 is 16.9 Å². The SMILES string of the molecule is C=C1CCN=C(NC2CCCCC2)S1. The minimum atomic E-state index is 0.668. The highest BCUT2D eigenvalue weighted by Crippen LogP contribution is 2.24. The molecule has 1 fully saturated rings. The fourth-order valence-electron chi connectivity index (χ4n) is 2.00. The molecule has 0 aromatic carbocycles. The number of hydrogen-bond donors (Lipinski definition) is 1. The third-order valence-corrected chi connectivity index (χ3v) is 3.75. The van der Waals surface area contributed by atoms with Crippen molar-refractivity contribution in [2.24, 2.45) is 4.99 Å². The molecule has 2 nitrogen and oxygen atoms in total. The second-order valence-electron chi connectivity index (χ2n) is 4.06. The van der Waals surface area contributed by atoms with Gasteiger partial charge in [0.25, 0.3) is 0 Å². The monoisotopic (exact) mass is 210 g/mol. The Morgan fingerprint density at radius 3 is 2.79 bits per heavy atom. The van der Waals surface area contributed by atoms with E-state index in [9.17, 15) is 0 Å². The summed E-state index contributed by atoms with van der Waals surface area (Å²) in [5.74, 6) is 0. The molecule has 0 atom stereocenters. The molecule has 3 heteroatoms. The van der Waals surface area contributed by atoms with Gasteiger partial charge in [0.15, 0.2) is 5.17 Å². The fourth-order valence-corrected chi connectivity index (χ4v) is 2.85. The van der Waals surface area contributed by atoms with Gasteiger partial charge < -0.3 is 5.32 Å². The van der Waals surface area contributed by atoms with Gasteiger partial charge in [-0.15, -0.1) is 0 Å². The molecule has 2 rings (SSSR count). The molecule has 2 aliphatic rings. The first-order valence-electron chi connectivity index (χ1n) is 5.51. The summed E-state index contributed by atoms with van der Waals surface area (Å²) < 4.78 is 0. The van der Waals surface area contributed by atoms with Crippen LogP contribution in [0.25, 0.3) is 0 Å². The number of amidine groups is 1. The van der Waals surface area contributed by atoms with E-state index in [0.717, 1.165) is 18.1 Å². The van der Waals surface area contributed by atoms with Crippen LogP contribution in [0.15, 0.2) is 16.5 Å². The van der Waals surface area contributed by atoms with Gasteiger partial charge in [-0.05, 0) is 24.2 Å². The summed E-state index contributed by atoms with van der Waals surface area (Å²) in [6, 6.07) is 0.668. The molecule has 1 N–H and O–H groups in total. The Hall–Kier alpha value is -0.440. The van der Waals surface area contributed by atoms with Gasteiger partial charge in [0.05, 0.1) is 0 Å². The molecule has 1 aliphatic heterocycles. The number of aliphatic imine (C=N–C) groups is 1. The lowest BCUT2D eigenvalue weighted by Gasteiger charge is -2.25. The van der Waals surface area contributed by atoms with Crippen LogP contribution in [-0.2, 0) is 0 Å². The average molecular weight is 210 g/mol. The normalized spacial score (nSPS) is 24.6. The summed E-state index contributed by atoms with van der Waals surface area (Å²) in [6.07, 6.45) is 7.82. The molecule has 0 bridgehead atoms. The second-order valence-corrected chi connectivity index (χ2v) is 5.23. The van der Waals surface area contributed by atoms with Crippen molar-refractivity contribution in [3.8, 4) is 0 Å². The molecule has 1 heterocycles. The van der Waals surface area contributed by atoms with E-state index in [1.807, 2.05) is 0 Å². The van der Waals surface area contributed by atoms with E-state index in [1.165, 1.54) is 37.0 Å².